The van der Waals surface area contributed by atoms with Crippen LogP contribution in [-0.2, 0) is 13.1 Å². The summed E-state index contributed by atoms with van der Waals surface area (Å²) < 4.78 is 25.9. The summed E-state index contributed by atoms with van der Waals surface area (Å²) in [7, 11) is 0. The molecule has 0 aliphatic carbocycles. The third-order valence-electron chi connectivity index (χ3n) is 3.07. The summed E-state index contributed by atoms with van der Waals surface area (Å²) in [5.74, 6) is -1.61. The van der Waals surface area contributed by atoms with Gasteiger partial charge in [-0.3, -0.25) is 0 Å². The maximum absolute atomic E-state index is 13.1. The summed E-state index contributed by atoms with van der Waals surface area (Å²) in [4.78, 5) is 2.49. The van der Waals surface area contributed by atoms with E-state index >= 15 is 0 Å². The molecule has 0 spiro atoms. The van der Waals surface area contributed by atoms with E-state index in [1.807, 2.05) is 6.07 Å². The quantitative estimate of drug-likeness (QED) is 0.694. The lowest BCUT2D eigenvalue weighted by atomic mass is 10.2. The lowest BCUT2D eigenvalue weighted by Gasteiger charge is -2.04. The Bertz CT molecular complexity index is 720. The summed E-state index contributed by atoms with van der Waals surface area (Å²) >= 11 is 3.42. The number of rotatable bonds is 5. The minimum absolute atomic E-state index is 0.517. The van der Waals surface area contributed by atoms with Crippen LogP contribution in [0.2, 0.25) is 0 Å². The van der Waals surface area contributed by atoms with E-state index in [4.69, 9.17) is 0 Å². The first-order valence-electron chi connectivity index (χ1n) is 6.48. The van der Waals surface area contributed by atoms with Crippen molar-refractivity contribution >= 4 is 22.7 Å². The maximum Gasteiger partial charge on any atom is 0.159 e. The van der Waals surface area contributed by atoms with Gasteiger partial charge < -0.3 is 5.32 Å². The molecule has 0 fully saturated rings. The van der Waals surface area contributed by atoms with Crippen molar-refractivity contribution in [1.82, 2.24) is 5.32 Å². The van der Waals surface area contributed by atoms with Crippen molar-refractivity contribution in [2.75, 3.05) is 0 Å². The summed E-state index contributed by atoms with van der Waals surface area (Å²) in [6, 6.07) is 10.3. The second-order valence-electron chi connectivity index (χ2n) is 4.63. The second-order valence-corrected chi connectivity index (χ2v) is 6.57. The molecule has 0 bridgehead atoms. The average molecular weight is 321 g/mol. The highest BCUT2D eigenvalue weighted by Crippen LogP contribution is 2.29. The van der Waals surface area contributed by atoms with Crippen LogP contribution in [-0.4, -0.2) is 0 Å². The zero-order chi connectivity index (χ0) is 14.7. The minimum atomic E-state index is -0.808. The number of benzene rings is 1. The molecular formula is C16H13F2NS2. The predicted molar refractivity (Wildman–Crippen MR) is 84.5 cm³/mol. The van der Waals surface area contributed by atoms with Gasteiger partial charge in [-0.25, -0.2) is 8.78 Å². The van der Waals surface area contributed by atoms with Gasteiger partial charge in [-0.2, -0.15) is 0 Å². The Labute approximate surface area is 129 Å². The van der Waals surface area contributed by atoms with E-state index in [1.54, 1.807) is 28.7 Å². The molecule has 108 valence electrons. The first kappa shape index (κ1) is 14.4. The van der Waals surface area contributed by atoms with Crippen LogP contribution >= 0.6 is 22.7 Å². The van der Waals surface area contributed by atoms with Crippen LogP contribution in [0.25, 0.3) is 10.4 Å². The third-order valence-corrected chi connectivity index (χ3v) is 4.93. The summed E-state index contributed by atoms with van der Waals surface area (Å²) in [6.45, 7) is 1.23. The topological polar surface area (TPSA) is 12.0 Å². The molecule has 0 saturated heterocycles. The Morgan fingerprint density at radius 1 is 0.952 bits per heavy atom. The first-order chi connectivity index (χ1) is 10.2. The van der Waals surface area contributed by atoms with Crippen LogP contribution in [0.1, 0.15) is 10.4 Å². The monoisotopic (exact) mass is 321 g/mol. The molecule has 5 heteroatoms. The molecule has 1 nitrogen and oxygen atoms in total. The molecule has 2 heterocycles. The van der Waals surface area contributed by atoms with Crippen LogP contribution < -0.4 is 5.32 Å². The van der Waals surface area contributed by atoms with Gasteiger partial charge in [-0.1, -0.05) is 12.1 Å². The van der Waals surface area contributed by atoms with Crippen LogP contribution in [0, 0.1) is 11.6 Å². The van der Waals surface area contributed by atoms with Gasteiger partial charge in [0.05, 0.1) is 0 Å². The van der Waals surface area contributed by atoms with Gasteiger partial charge in [0.2, 0.25) is 0 Å². The molecule has 0 unspecified atom stereocenters. The largest absolute Gasteiger partial charge is 0.308 e. The lowest BCUT2D eigenvalue weighted by molar-refractivity contribution is 0.506. The van der Waals surface area contributed by atoms with Crippen molar-refractivity contribution in [3.8, 4) is 10.4 Å². The Morgan fingerprint density at radius 3 is 2.62 bits per heavy atom. The highest BCUT2D eigenvalue weighted by atomic mass is 32.1. The summed E-state index contributed by atoms with van der Waals surface area (Å²) in [5, 5.41) is 7.45. The Kier molecular flexibility index (Phi) is 4.43. The first-order valence-corrected chi connectivity index (χ1v) is 8.24. The number of nitrogens with one attached hydrogen (secondary N) is 1. The fraction of sp³-hybridized carbons (Fsp3) is 0.125. The normalized spacial score (nSPS) is 11.0. The number of hydrogen-bond acceptors (Lipinski definition) is 3. The van der Waals surface area contributed by atoms with Gasteiger partial charge >= 0.3 is 0 Å². The van der Waals surface area contributed by atoms with Crippen LogP contribution in [0.3, 0.4) is 0 Å². The third kappa shape index (κ3) is 3.56. The molecule has 0 radical (unpaired) electrons. The fourth-order valence-corrected chi connectivity index (χ4v) is 3.67. The SMILES string of the molecule is Fc1ccc(CNCc2cc(-c3cccs3)cs2)cc1F. The van der Waals surface area contributed by atoms with Crippen molar-refractivity contribution in [1.29, 1.82) is 0 Å². The van der Waals surface area contributed by atoms with Crippen LogP contribution in [0.5, 0.6) is 0 Å². The molecule has 0 aliphatic rings. The highest BCUT2D eigenvalue weighted by molar-refractivity contribution is 7.14. The molecule has 2 aromatic heterocycles. The molecule has 3 rings (SSSR count). The van der Waals surface area contributed by atoms with Gasteiger partial charge in [-0.05, 0) is 40.6 Å². The molecule has 0 saturated carbocycles. The average Bonchev–Trinajstić information content (AvgIpc) is 3.13. The smallest absolute Gasteiger partial charge is 0.159 e. The van der Waals surface area contributed by atoms with E-state index in [1.165, 1.54) is 21.4 Å². The number of hydrogen-bond donors (Lipinski definition) is 1. The fourth-order valence-electron chi connectivity index (χ4n) is 2.03. The zero-order valence-corrected chi connectivity index (χ0v) is 12.7. The second kappa shape index (κ2) is 6.47. The molecular weight excluding hydrogens is 308 g/mol. The van der Waals surface area contributed by atoms with E-state index in [0.29, 0.717) is 6.54 Å². The van der Waals surface area contributed by atoms with Gasteiger partial charge in [0, 0.05) is 28.4 Å². The van der Waals surface area contributed by atoms with E-state index in [0.717, 1.165) is 18.2 Å². The predicted octanol–water partition coefficient (Wildman–Crippen LogP) is 5.04. The Hall–Kier alpha value is -1.56. The van der Waals surface area contributed by atoms with Crippen molar-refractivity contribution in [2.24, 2.45) is 0 Å². The molecule has 0 amide bonds. The maximum atomic E-state index is 13.1. The van der Waals surface area contributed by atoms with E-state index in [-0.39, 0.29) is 0 Å². The van der Waals surface area contributed by atoms with Gasteiger partial charge in [-0.15, -0.1) is 22.7 Å². The van der Waals surface area contributed by atoms with Crippen LogP contribution in [0.15, 0.2) is 47.2 Å². The van der Waals surface area contributed by atoms with E-state index in [9.17, 15) is 8.78 Å². The molecule has 21 heavy (non-hydrogen) atoms. The van der Waals surface area contributed by atoms with Gasteiger partial charge in [0.1, 0.15) is 0 Å². The van der Waals surface area contributed by atoms with Crippen LogP contribution in [0.4, 0.5) is 8.78 Å². The number of thiophene rings is 2. The van der Waals surface area contributed by atoms with Crippen molar-refractivity contribution in [3.63, 3.8) is 0 Å². The van der Waals surface area contributed by atoms with Crippen molar-refractivity contribution in [3.05, 3.63) is 69.2 Å². The molecule has 3 aromatic rings. The molecule has 0 atom stereocenters. The Morgan fingerprint density at radius 2 is 1.86 bits per heavy atom. The molecule has 0 aliphatic heterocycles. The number of halogens is 2. The van der Waals surface area contributed by atoms with Crippen molar-refractivity contribution < 1.29 is 8.78 Å². The van der Waals surface area contributed by atoms with E-state index in [2.05, 4.69) is 28.2 Å². The van der Waals surface area contributed by atoms with Gasteiger partial charge in [0.25, 0.3) is 0 Å². The van der Waals surface area contributed by atoms with Crippen molar-refractivity contribution in [2.45, 2.75) is 13.1 Å². The summed E-state index contributed by atoms with van der Waals surface area (Å²) in [5.41, 5.74) is 1.98. The summed E-state index contributed by atoms with van der Waals surface area (Å²) in [6.07, 6.45) is 0. The standard InChI is InChI=1S/C16H13F2NS2/c17-14-4-3-11(6-15(14)18)8-19-9-13-7-12(10-21-13)16-2-1-5-20-16/h1-7,10,19H,8-9H2. The lowest BCUT2D eigenvalue weighted by Crippen LogP contribution is -2.12. The minimum Gasteiger partial charge on any atom is -0.308 e. The zero-order valence-electron chi connectivity index (χ0n) is 11.1. The molecule has 1 aromatic carbocycles. The van der Waals surface area contributed by atoms with Gasteiger partial charge in [0.15, 0.2) is 11.6 Å². The highest BCUT2D eigenvalue weighted by Gasteiger charge is 2.05. The van der Waals surface area contributed by atoms with E-state index < -0.39 is 11.6 Å². The Balaban J connectivity index is 1.57. The molecule has 1 N–H and O–H groups in total.